The highest BCUT2D eigenvalue weighted by Crippen LogP contribution is 2.38. The van der Waals surface area contributed by atoms with E-state index in [9.17, 15) is 13.2 Å². The molecule has 0 bridgehead atoms. The fraction of sp³-hybridized carbons (Fsp3) is 0.875. The number of nitrogens with one attached hydrogen (secondary N) is 1. The van der Waals surface area contributed by atoms with E-state index in [4.69, 9.17) is 56.2 Å². The molecule has 21 heavy (non-hydrogen) atoms. The largest absolute Gasteiger partial charge is 0.446 e. The Morgan fingerprint density at radius 2 is 2.10 bits per heavy atom. The van der Waals surface area contributed by atoms with E-state index in [0.717, 1.165) is 0 Å². The van der Waals surface area contributed by atoms with Gasteiger partial charge in [0, 0.05) is 4.91 Å². The summed E-state index contributed by atoms with van der Waals surface area (Å²) in [5, 5.41) is 10.2. The van der Waals surface area contributed by atoms with Gasteiger partial charge in [-0.25, -0.2) is 13.2 Å². The van der Waals surface area contributed by atoms with Crippen molar-refractivity contribution < 1.29 is 22.6 Å². The second kappa shape index (κ2) is 6.64. The van der Waals surface area contributed by atoms with E-state index < -0.39 is 46.8 Å². The summed E-state index contributed by atoms with van der Waals surface area (Å²) in [5.41, 5.74) is 13.4. The fourth-order valence-electron chi connectivity index (χ4n) is 1.48. The van der Waals surface area contributed by atoms with Crippen LogP contribution in [0.15, 0.2) is 5.11 Å². The standard InChI is InChI=1S/C8H9Cl3F3N5O2/c9-8(10,11)6(16)21-5-3(15)4(12)7(13,14)2(20-5)1-18-19-17/h2-5,16H,1,15H2. The minimum absolute atomic E-state index is 0.863. The van der Waals surface area contributed by atoms with E-state index in [1.54, 1.807) is 0 Å². The van der Waals surface area contributed by atoms with Crippen LogP contribution in [0.3, 0.4) is 0 Å². The van der Waals surface area contributed by atoms with Crippen molar-refractivity contribution in [2.24, 2.45) is 10.8 Å². The van der Waals surface area contributed by atoms with Gasteiger partial charge in [-0.15, -0.1) is 0 Å². The minimum Gasteiger partial charge on any atom is -0.446 e. The van der Waals surface area contributed by atoms with Crippen LogP contribution in [-0.2, 0) is 9.47 Å². The second-order valence-electron chi connectivity index (χ2n) is 4.00. The zero-order valence-electron chi connectivity index (χ0n) is 10.0. The summed E-state index contributed by atoms with van der Waals surface area (Å²) in [4.78, 5) is 2.28. The average molecular weight is 371 g/mol. The van der Waals surface area contributed by atoms with Crippen LogP contribution in [0.4, 0.5) is 13.2 Å². The van der Waals surface area contributed by atoms with Crippen molar-refractivity contribution in [2.75, 3.05) is 6.54 Å². The van der Waals surface area contributed by atoms with Crippen LogP contribution in [0.1, 0.15) is 0 Å². The quantitative estimate of drug-likeness (QED) is 0.198. The van der Waals surface area contributed by atoms with Crippen molar-refractivity contribution in [1.82, 2.24) is 0 Å². The molecule has 0 amide bonds. The normalized spacial score (nSPS) is 32.1. The van der Waals surface area contributed by atoms with Crippen molar-refractivity contribution in [3.05, 3.63) is 10.4 Å². The molecule has 0 saturated carbocycles. The molecule has 1 fully saturated rings. The van der Waals surface area contributed by atoms with Crippen molar-refractivity contribution in [3.8, 4) is 0 Å². The van der Waals surface area contributed by atoms with Crippen molar-refractivity contribution >= 4 is 40.7 Å². The van der Waals surface area contributed by atoms with Crippen LogP contribution in [-0.4, -0.2) is 46.8 Å². The zero-order chi connectivity index (χ0) is 16.4. The predicted octanol–water partition coefficient (Wildman–Crippen LogP) is 2.69. The molecule has 1 aliphatic heterocycles. The highest BCUT2D eigenvalue weighted by atomic mass is 35.6. The Bertz CT molecular complexity index is 457. The van der Waals surface area contributed by atoms with Gasteiger partial charge in [0.15, 0.2) is 6.17 Å². The zero-order valence-corrected chi connectivity index (χ0v) is 12.3. The van der Waals surface area contributed by atoms with Crippen LogP contribution in [0, 0.1) is 5.41 Å². The summed E-state index contributed by atoms with van der Waals surface area (Å²) in [7, 11) is 0. The van der Waals surface area contributed by atoms with Gasteiger partial charge in [-0.3, -0.25) is 5.41 Å². The van der Waals surface area contributed by atoms with Gasteiger partial charge in [0.05, 0.1) is 6.54 Å². The molecule has 120 valence electrons. The Labute approximate surface area is 131 Å². The molecule has 4 unspecified atom stereocenters. The number of azide groups is 1. The minimum atomic E-state index is -4.00. The number of ether oxygens (including phenoxy) is 2. The summed E-state index contributed by atoms with van der Waals surface area (Å²) < 4.78 is 48.1. The summed E-state index contributed by atoms with van der Waals surface area (Å²) in [6.07, 6.45) is -6.80. The molecule has 0 aliphatic carbocycles. The van der Waals surface area contributed by atoms with E-state index >= 15 is 0 Å². The number of hydrogen-bond donors (Lipinski definition) is 2. The molecule has 0 aromatic rings. The smallest absolute Gasteiger partial charge is 0.306 e. The lowest BCUT2D eigenvalue weighted by Gasteiger charge is -2.41. The molecule has 1 saturated heterocycles. The van der Waals surface area contributed by atoms with E-state index in [-0.39, 0.29) is 0 Å². The average Bonchev–Trinajstić information content (AvgIpc) is 2.37. The summed E-state index contributed by atoms with van der Waals surface area (Å²) in [6, 6.07) is -1.94. The maximum absolute atomic E-state index is 13.7. The monoisotopic (exact) mass is 369 g/mol. The lowest BCUT2D eigenvalue weighted by atomic mass is 9.97. The van der Waals surface area contributed by atoms with Crippen molar-refractivity contribution in [3.63, 3.8) is 0 Å². The van der Waals surface area contributed by atoms with Crippen LogP contribution < -0.4 is 5.73 Å². The first kappa shape index (κ1) is 18.4. The van der Waals surface area contributed by atoms with Gasteiger partial charge in [0.1, 0.15) is 12.1 Å². The van der Waals surface area contributed by atoms with Gasteiger partial charge in [0.2, 0.25) is 12.2 Å². The Kier molecular flexibility index (Phi) is 5.82. The molecular weight excluding hydrogens is 361 g/mol. The molecule has 0 aromatic carbocycles. The van der Waals surface area contributed by atoms with E-state index in [2.05, 4.69) is 14.8 Å². The first-order chi connectivity index (χ1) is 9.51. The van der Waals surface area contributed by atoms with Crippen LogP contribution >= 0.6 is 34.8 Å². The third-order valence-electron chi connectivity index (χ3n) is 2.55. The maximum Gasteiger partial charge on any atom is 0.306 e. The Balaban J connectivity index is 2.92. The lowest BCUT2D eigenvalue weighted by molar-refractivity contribution is -0.278. The summed E-state index contributed by atoms with van der Waals surface area (Å²) in [5.74, 6) is -4.98. The third kappa shape index (κ3) is 4.18. The highest BCUT2D eigenvalue weighted by Gasteiger charge is 2.59. The van der Waals surface area contributed by atoms with Crippen molar-refractivity contribution in [1.29, 1.82) is 5.41 Å². The number of rotatable bonds is 3. The molecule has 0 aromatic heterocycles. The van der Waals surface area contributed by atoms with E-state index in [1.807, 2.05) is 0 Å². The summed E-state index contributed by atoms with van der Waals surface area (Å²) in [6.45, 7) is -0.863. The topological polar surface area (TPSA) is 117 Å². The second-order valence-corrected chi connectivity index (χ2v) is 6.29. The first-order valence-electron chi connectivity index (χ1n) is 5.28. The Morgan fingerprint density at radius 3 is 2.57 bits per heavy atom. The molecule has 0 spiro atoms. The number of nitrogens with two attached hydrogens (primary N) is 1. The molecule has 7 nitrogen and oxygen atoms in total. The summed E-state index contributed by atoms with van der Waals surface area (Å²) >= 11 is 16.0. The molecule has 13 heteroatoms. The van der Waals surface area contributed by atoms with Gasteiger partial charge in [-0.2, -0.15) is 0 Å². The Hall–Kier alpha value is -0.640. The third-order valence-corrected chi connectivity index (χ3v) is 3.06. The highest BCUT2D eigenvalue weighted by molar-refractivity contribution is 6.76. The number of halogens is 6. The van der Waals surface area contributed by atoms with Gasteiger partial charge >= 0.3 is 5.92 Å². The number of alkyl halides is 6. The van der Waals surface area contributed by atoms with Gasteiger partial charge in [0.25, 0.3) is 3.79 Å². The number of nitrogens with zero attached hydrogens (tertiary/aromatic N) is 3. The molecule has 1 rings (SSSR count). The maximum atomic E-state index is 13.7. The van der Waals surface area contributed by atoms with E-state index in [0.29, 0.717) is 0 Å². The van der Waals surface area contributed by atoms with Crippen LogP contribution in [0.5, 0.6) is 0 Å². The molecule has 4 atom stereocenters. The van der Waals surface area contributed by atoms with Crippen LogP contribution in [0.25, 0.3) is 10.4 Å². The van der Waals surface area contributed by atoms with Crippen LogP contribution in [0.2, 0.25) is 0 Å². The van der Waals surface area contributed by atoms with Gasteiger partial charge < -0.3 is 15.2 Å². The van der Waals surface area contributed by atoms with Gasteiger partial charge in [-0.05, 0) is 5.53 Å². The predicted molar refractivity (Wildman–Crippen MR) is 69.6 cm³/mol. The molecular formula is C8H9Cl3F3N5O2. The SMILES string of the molecule is [N-]=[N+]=NCC1OC(OC(=N)C(Cl)(Cl)Cl)C(N)C(F)C1(F)F. The molecule has 1 heterocycles. The van der Waals surface area contributed by atoms with E-state index in [1.165, 1.54) is 0 Å². The number of hydrogen-bond acceptors (Lipinski definition) is 5. The molecule has 3 N–H and O–H groups in total. The first-order valence-corrected chi connectivity index (χ1v) is 6.41. The fourth-order valence-corrected chi connectivity index (χ4v) is 1.61. The molecule has 1 aliphatic rings. The Morgan fingerprint density at radius 1 is 1.52 bits per heavy atom. The molecule has 0 radical (unpaired) electrons. The van der Waals surface area contributed by atoms with Crippen molar-refractivity contribution in [2.45, 2.75) is 34.3 Å². The lowest BCUT2D eigenvalue weighted by Crippen LogP contribution is -2.64. The van der Waals surface area contributed by atoms with Gasteiger partial charge in [-0.1, -0.05) is 39.9 Å².